The molecule has 2 amide bonds. The van der Waals surface area contributed by atoms with Crippen molar-refractivity contribution in [1.82, 2.24) is 9.97 Å². The smallest absolute Gasteiger partial charge is 0.331 e. The highest BCUT2D eigenvalue weighted by Crippen LogP contribution is 2.41. The van der Waals surface area contributed by atoms with Gasteiger partial charge < -0.3 is 9.16 Å². The molecule has 0 N–H and O–H groups in total. The number of carbonyl (C=O) groups is 1. The second-order valence-electron chi connectivity index (χ2n) is 11.6. The molecule has 0 fully saturated rings. The van der Waals surface area contributed by atoms with Crippen LogP contribution < -0.4 is 24.9 Å². The maximum absolute atomic E-state index is 14.3. The number of benzene rings is 3. The van der Waals surface area contributed by atoms with E-state index in [2.05, 4.69) is 79.3 Å². The van der Waals surface area contributed by atoms with E-state index in [0.717, 1.165) is 17.0 Å². The number of hydrogen-bond acceptors (Lipinski definition) is 5. The summed E-state index contributed by atoms with van der Waals surface area (Å²) in [7, 11) is -1.21. The van der Waals surface area contributed by atoms with E-state index in [0.29, 0.717) is 12.4 Å². The molecule has 0 saturated heterocycles. The second-order valence-corrected chi connectivity index (χ2v) is 16.3. The molecule has 1 aliphatic rings. The number of ether oxygens (including phenoxy) is 1. The van der Waals surface area contributed by atoms with E-state index in [1.807, 2.05) is 50.2 Å². The molecule has 42 heavy (non-hydrogen) atoms. The van der Waals surface area contributed by atoms with Crippen molar-refractivity contribution in [3.05, 3.63) is 102 Å². The van der Waals surface area contributed by atoms with Gasteiger partial charge in [-0.05, 0) is 65.1 Å². The van der Waals surface area contributed by atoms with Crippen LogP contribution in [0, 0.1) is 0 Å². The Hall–Kier alpha value is -3.72. The fourth-order valence-corrected chi connectivity index (χ4v) is 10.7. The highest BCUT2D eigenvalue weighted by molar-refractivity contribution is 6.99. The van der Waals surface area contributed by atoms with Crippen LogP contribution in [0.25, 0.3) is 0 Å². The standard InChI is InChI=1S/C33H37ClN4O3Si/c1-23(22-41-42(33(3,4)5,27-13-9-7-10-14-27)28-15-11-8-12-16-28)37-30-29(21-35-31(34)36-30)24(2)38(32(37)39)25-17-19-26(40-6)20-18-25/h7-21,23-24H,22H2,1-6H3. The molecule has 218 valence electrons. The van der Waals surface area contributed by atoms with Crippen LogP contribution in [-0.4, -0.2) is 44.1 Å². The molecular weight excluding hydrogens is 564 g/mol. The number of aromatic nitrogens is 2. The molecular formula is C33H37ClN4O3Si. The molecule has 2 atom stereocenters. The fourth-order valence-electron chi connectivity index (χ4n) is 5.92. The third-order valence-electron chi connectivity index (χ3n) is 7.99. The van der Waals surface area contributed by atoms with Gasteiger partial charge in [-0.3, -0.25) is 9.80 Å². The summed E-state index contributed by atoms with van der Waals surface area (Å²) in [5, 5.41) is 2.26. The molecule has 0 bridgehead atoms. The average Bonchev–Trinajstić information content (AvgIpc) is 2.98. The van der Waals surface area contributed by atoms with Gasteiger partial charge in [-0.25, -0.2) is 9.78 Å². The zero-order valence-corrected chi connectivity index (χ0v) is 26.7. The van der Waals surface area contributed by atoms with Gasteiger partial charge >= 0.3 is 6.03 Å². The number of urea groups is 1. The highest BCUT2D eigenvalue weighted by atomic mass is 35.5. The summed E-state index contributed by atoms with van der Waals surface area (Å²) in [5.41, 5.74) is 1.56. The van der Waals surface area contributed by atoms with Crippen molar-refractivity contribution in [3.8, 4) is 5.75 Å². The van der Waals surface area contributed by atoms with Crippen LogP contribution in [0.2, 0.25) is 10.3 Å². The zero-order valence-electron chi connectivity index (χ0n) is 24.9. The minimum Gasteiger partial charge on any atom is -0.497 e. The van der Waals surface area contributed by atoms with E-state index >= 15 is 0 Å². The van der Waals surface area contributed by atoms with Crippen LogP contribution in [0.15, 0.2) is 91.1 Å². The summed E-state index contributed by atoms with van der Waals surface area (Å²) in [6.45, 7) is 11.0. The van der Waals surface area contributed by atoms with E-state index in [-0.39, 0.29) is 28.4 Å². The topological polar surface area (TPSA) is 67.8 Å². The van der Waals surface area contributed by atoms with Crippen LogP contribution in [0.5, 0.6) is 5.75 Å². The first-order chi connectivity index (χ1) is 20.1. The predicted molar refractivity (Wildman–Crippen MR) is 172 cm³/mol. The molecule has 0 aliphatic carbocycles. The number of nitrogens with zero attached hydrogens (tertiary/aromatic N) is 4. The molecule has 1 aliphatic heterocycles. The Morgan fingerprint density at radius 2 is 1.52 bits per heavy atom. The van der Waals surface area contributed by atoms with E-state index in [9.17, 15) is 4.79 Å². The Balaban J connectivity index is 1.56. The van der Waals surface area contributed by atoms with E-state index in [4.69, 9.17) is 20.8 Å². The van der Waals surface area contributed by atoms with Gasteiger partial charge in [0.15, 0.2) is 0 Å². The summed E-state index contributed by atoms with van der Waals surface area (Å²) in [6, 6.07) is 27.6. The van der Waals surface area contributed by atoms with Crippen LogP contribution in [0.1, 0.15) is 46.2 Å². The summed E-state index contributed by atoms with van der Waals surface area (Å²) in [4.78, 5) is 26.6. The minimum atomic E-state index is -2.83. The fraction of sp³-hybridized carbons (Fsp3) is 0.303. The quantitative estimate of drug-likeness (QED) is 0.168. The first-order valence-corrected chi connectivity index (χ1v) is 16.4. The molecule has 7 nitrogen and oxygen atoms in total. The third-order valence-corrected chi connectivity index (χ3v) is 13.2. The summed E-state index contributed by atoms with van der Waals surface area (Å²) in [5.74, 6) is 1.23. The summed E-state index contributed by atoms with van der Waals surface area (Å²) in [6.07, 6.45) is 1.71. The lowest BCUT2D eigenvalue weighted by atomic mass is 10.0. The lowest BCUT2D eigenvalue weighted by molar-refractivity contribution is 0.235. The number of rotatable bonds is 8. The number of amides is 2. The first kappa shape index (κ1) is 29.8. The molecule has 2 heterocycles. The van der Waals surface area contributed by atoms with Crippen molar-refractivity contribution in [2.45, 2.75) is 51.7 Å². The van der Waals surface area contributed by atoms with Gasteiger partial charge in [0.2, 0.25) is 5.28 Å². The summed E-state index contributed by atoms with van der Waals surface area (Å²) >= 11 is 6.29. The number of hydrogen-bond donors (Lipinski definition) is 0. The largest absolute Gasteiger partial charge is 0.497 e. The molecule has 5 rings (SSSR count). The molecule has 2 unspecified atom stereocenters. The number of fused-ring (bicyclic) bond motifs is 1. The second kappa shape index (κ2) is 11.9. The lowest BCUT2D eigenvalue weighted by Crippen LogP contribution is -2.67. The maximum atomic E-state index is 14.3. The van der Waals surface area contributed by atoms with Gasteiger partial charge in [0.1, 0.15) is 11.6 Å². The van der Waals surface area contributed by atoms with Crippen LogP contribution in [0.3, 0.4) is 0 Å². The van der Waals surface area contributed by atoms with Crippen molar-refractivity contribution >= 4 is 47.8 Å². The van der Waals surface area contributed by atoms with Crippen LogP contribution in [-0.2, 0) is 4.43 Å². The Kier molecular flexibility index (Phi) is 8.41. The molecule has 0 spiro atoms. The van der Waals surface area contributed by atoms with Crippen molar-refractivity contribution in [3.63, 3.8) is 0 Å². The van der Waals surface area contributed by atoms with Gasteiger partial charge in [0.05, 0.1) is 25.8 Å². The number of methoxy groups -OCH3 is 1. The third kappa shape index (κ3) is 5.30. The van der Waals surface area contributed by atoms with Gasteiger partial charge in [-0.15, -0.1) is 0 Å². The molecule has 3 aromatic carbocycles. The van der Waals surface area contributed by atoms with E-state index in [1.54, 1.807) is 23.1 Å². The Morgan fingerprint density at radius 3 is 2.05 bits per heavy atom. The Bertz CT molecular complexity index is 1490. The predicted octanol–water partition coefficient (Wildman–Crippen LogP) is 6.61. The normalized spacial score (nSPS) is 16.3. The van der Waals surface area contributed by atoms with Crippen molar-refractivity contribution in [2.24, 2.45) is 0 Å². The highest BCUT2D eigenvalue weighted by Gasteiger charge is 2.51. The van der Waals surface area contributed by atoms with Crippen molar-refractivity contribution in [1.29, 1.82) is 0 Å². The molecule has 4 aromatic rings. The first-order valence-electron chi connectivity index (χ1n) is 14.1. The van der Waals surface area contributed by atoms with Gasteiger partial charge in [0.25, 0.3) is 8.32 Å². The van der Waals surface area contributed by atoms with E-state index in [1.165, 1.54) is 10.4 Å². The van der Waals surface area contributed by atoms with Crippen LogP contribution in [0.4, 0.5) is 16.3 Å². The maximum Gasteiger partial charge on any atom is 0.331 e. The molecule has 0 radical (unpaired) electrons. The summed E-state index contributed by atoms with van der Waals surface area (Å²) < 4.78 is 12.5. The van der Waals surface area contributed by atoms with Gasteiger partial charge in [-0.2, -0.15) is 4.98 Å². The number of halogens is 1. The number of carbonyl (C=O) groups excluding carboxylic acids is 1. The van der Waals surface area contributed by atoms with E-state index < -0.39 is 8.32 Å². The Morgan fingerprint density at radius 1 is 0.952 bits per heavy atom. The lowest BCUT2D eigenvalue weighted by Gasteiger charge is -2.46. The monoisotopic (exact) mass is 600 g/mol. The molecule has 0 saturated carbocycles. The zero-order chi connectivity index (χ0) is 30.1. The number of anilines is 2. The van der Waals surface area contributed by atoms with Crippen LogP contribution >= 0.6 is 11.6 Å². The van der Waals surface area contributed by atoms with Crippen molar-refractivity contribution in [2.75, 3.05) is 23.5 Å². The Labute approximate surface area is 254 Å². The minimum absolute atomic E-state index is 0.0942. The SMILES string of the molecule is COc1ccc(N2C(=O)N(C(C)CO[Si](c3ccccc3)(c3ccccc3)C(C)(C)C)c3nc(Cl)ncc3C2C)cc1. The average molecular weight is 601 g/mol. The van der Waals surface area contributed by atoms with Gasteiger partial charge in [0, 0.05) is 17.4 Å². The van der Waals surface area contributed by atoms with Gasteiger partial charge in [-0.1, -0.05) is 81.4 Å². The molecule has 1 aromatic heterocycles. The molecule has 9 heteroatoms. The van der Waals surface area contributed by atoms with Crippen molar-refractivity contribution < 1.29 is 14.0 Å².